The number of fused-ring (bicyclic) bond motifs is 1. The maximum atomic E-state index is 9.56. The number of nitrogens with two attached hydrogens (primary N) is 1. The lowest BCUT2D eigenvalue weighted by Gasteiger charge is -2.09. The predicted octanol–water partition coefficient (Wildman–Crippen LogP) is 1.69. The largest absolute Gasteiger partial charge is 0.504 e. The van der Waals surface area contributed by atoms with Crippen molar-refractivity contribution < 1.29 is 9.84 Å². The van der Waals surface area contributed by atoms with Crippen LogP contribution in [0, 0.1) is 0 Å². The smallest absolute Gasteiger partial charge is 0.164 e. The summed E-state index contributed by atoms with van der Waals surface area (Å²) in [6.07, 6.45) is 3.07. The summed E-state index contributed by atoms with van der Waals surface area (Å²) in [6.45, 7) is 0.685. The Morgan fingerprint density at radius 3 is 3.00 bits per heavy atom. The Bertz CT molecular complexity index is 323. The van der Waals surface area contributed by atoms with Crippen molar-refractivity contribution in [2.75, 3.05) is 12.3 Å². The van der Waals surface area contributed by atoms with E-state index in [0.717, 1.165) is 24.8 Å². The Hall–Kier alpha value is -1.38. The molecular weight excluding hydrogens is 166 g/mol. The number of anilines is 1. The van der Waals surface area contributed by atoms with Crippen molar-refractivity contribution >= 4 is 5.69 Å². The Kier molecular flexibility index (Phi) is 2.00. The minimum Gasteiger partial charge on any atom is -0.504 e. The molecule has 1 aliphatic rings. The van der Waals surface area contributed by atoms with Crippen LogP contribution in [0.5, 0.6) is 11.5 Å². The van der Waals surface area contributed by atoms with Crippen LogP contribution in [0.2, 0.25) is 0 Å². The van der Waals surface area contributed by atoms with E-state index in [1.807, 2.05) is 6.07 Å². The van der Waals surface area contributed by atoms with Gasteiger partial charge in [0.2, 0.25) is 0 Å². The molecule has 0 radical (unpaired) electrons. The van der Waals surface area contributed by atoms with Crippen molar-refractivity contribution in [3.8, 4) is 11.5 Å². The molecule has 3 N–H and O–H groups in total. The minimum atomic E-state index is 0.164. The molecule has 1 heterocycles. The van der Waals surface area contributed by atoms with Crippen molar-refractivity contribution in [1.82, 2.24) is 0 Å². The Balaban J connectivity index is 2.47. The fourth-order valence-corrected chi connectivity index (χ4v) is 1.64. The summed E-state index contributed by atoms with van der Waals surface area (Å²) >= 11 is 0. The monoisotopic (exact) mass is 179 g/mol. The average Bonchev–Trinajstić information content (AvgIpc) is 2.28. The summed E-state index contributed by atoms with van der Waals surface area (Å²) in [5, 5.41) is 9.56. The molecule has 0 atom stereocenters. The number of aromatic hydroxyl groups is 1. The highest BCUT2D eigenvalue weighted by Gasteiger charge is 2.13. The first-order chi connectivity index (χ1) is 6.27. The van der Waals surface area contributed by atoms with Crippen LogP contribution in [0.4, 0.5) is 5.69 Å². The zero-order chi connectivity index (χ0) is 9.26. The topological polar surface area (TPSA) is 55.5 Å². The molecule has 0 amide bonds. The van der Waals surface area contributed by atoms with Crippen LogP contribution in [0.3, 0.4) is 0 Å². The second kappa shape index (κ2) is 3.17. The Morgan fingerprint density at radius 1 is 1.31 bits per heavy atom. The van der Waals surface area contributed by atoms with Crippen molar-refractivity contribution in [3.63, 3.8) is 0 Å². The van der Waals surface area contributed by atoms with Crippen LogP contribution in [0.25, 0.3) is 0 Å². The number of nitrogen functional groups attached to an aromatic ring is 1. The first-order valence-corrected chi connectivity index (χ1v) is 4.51. The van der Waals surface area contributed by atoms with Crippen LogP contribution < -0.4 is 10.5 Å². The van der Waals surface area contributed by atoms with E-state index >= 15 is 0 Å². The molecule has 0 fully saturated rings. The number of benzene rings is 1. The second-order valence-corrected chi connectivity index (χ2v) is 3.33. The lowest BCUT2D eigenvalue weighted by Crippen LogP contribution is -1.96. The van der Waals surface area contributed by atoms with Gasteiger partial charge in [-0.2, -0.15) is 0 Å². The van der Waals surface area contributed by atoms with Crippen LogP contribution in [-0.4, -0.2) is 11.7 Å². The molecule has 13 heavy (non-hydrogen) atoms. The number of hydrogen-bond donors (Lipinski definition) is 2. The molecule has 70 valence electrons. The van der Waals surface area contributed by atoms with E-state index in [9.17, 15) is 5.11 Å². The number of aryl methyl sites for hydroxylation is 1. The molecule has 3 heteroatoms. The lowest BCUT2D eigenvalue weighted by atomic mass is 10.1. The molecular formula is C10H13NO2. The number of phenolic OH excluding ortho intramolecular Hbond substituents is 1. The van der Waals surface area contributed by atoms with E-state index in [4.69, 9.17) is 10.5 Å². The number of phenols is 1. The van der Waals surface area contributed by atoms with Gasteiger partial charge in [0.15, 0.2) is 11.5 Å². The van der Waals surface area contributed by atoms with Crippen LogP contribution >= 0.6 is 0 Å². The third kappa shape index (κ3) is 1.54. The lowest BCUT2D eigenvalue weighted by molar-refractivity contribution is 0.300. The molecule has 0 aliphatic carbocycles. The third-order valence-electron chi connectivity index (χ3n) is 2.26. The molecule has 0 saturated carbocycles. The van der Waals surface area contributed by atoms with Crippen molar-refractivity contribution in [3.05, 3.63) is 17.7 Å². The minimum absolute atomic E-state index is 0.164. The zero-order valence-corrected chi connectivity index (χ0v) is 7.42. The van der Waals surface area contributed by atoms with Crippen molar-refractivity contribution in [1.29, 1.82) is 0 Å². The van der Waals surface area contributed by atoms with Gasteiger partial charge in [0.25, 0.3) is 0 Å². The summed E-state index contributed by atoms with van der Waals surface area (Å²) in [5.41, 5.74) is 7.24. The van der Waals surface area contributed by atoms with Gasteiger partial charge in [0.1, 0.15) is 0 Å². The van der Waals surface area contributed by atoms with Gasteiger partial charge in [-0.25, -0.2) is 0 Å². The van der Waals surface area contributed by atoms with Gasteiger partial charge in [0, 0.05) is 17.3 Å². The van der Waals surface area contributed by atoms with Gasteiger partial charge >= 0.3 is 0 Å². The second-order valence-electron chi connectivity index (χ2n) is 3.33. The van der Waals surface area contributed by atoms with E-state index in [-0.39, 0.29) is 5.75 Å². The maximum absolute atomic E-state index is 9.56. The van der Waals surface area contributed by atoms with E-state index in [2.05, 4.69) is 0 Å². The third-order valence-corrected chi connectivity index (χ3v) is 2.26. The van der Waals surface area contributed by atoms with E-state index < -0.39 is 0 Å². The quantitative estimate of drug-likeness (QED) is 0.596. The Morgan fingerprint density at radius 2 is 2.15 bits per heavy atom. The van der Waals surface area contributed by atoms with Gasteiger partial charge in [-0.3, -0.25) is 0 Å². The molecule has 0 bridgehead atoms. The molecule has 0 saturated heterocycles. The van der Waals surface area contributed by atoms with Crippen molar-refractivity contribution in [2.24, 2.45) is 0 Å². The van der Waals surface area contributed by atoms with Crippen LogP contribution in [-0.2, 0) is 6.42 Å². The number of rotatable bonds is 0. The summed E-state index contributed by atoms with van der Waals surface area (Å²) in [6, 6.07) is 3.41. The molecule has 1 aromatic carbocycles. The average molecular weight is 179 g/mol. The molecule has 1 aliphatic heterocycles. The molecule has 1 aromatic rings. The van der Waals surface area contributed by atoms with E-state index in [0.29, 0.717) is 18.0 Å². The Labute approximate surface area is 77.1 Å². The standard InChI is InChI=1S/C10H13NO2/c11-8-5-7-3-1-2-4-13-10(7)9(12)6-8/h5-6,12H,1-4,11H2. The highest BCUT2D eigenvalue weighted by Crippen LogP contribution is 2.35. The first kappa shape index (κ1) is 8.23. The first-order valence-electron chi connectivity index (χ1n) is 4.51. The normalized spacial score (nSPS) is 15.7. The SMILES string of the molecule is Nc1cc(O)c2c(c1)CCCCO2. The van der Waals surface area contributed by atoms with Crippen LogP contribution in [0.1, 0.15) is 18.4 Å². The van der Waals surface area contributed by atoms with Gasteiger partial charge in [-0.05, 0) is 25.3 Å². The molecule has 0 spiro atoms. The highest BCUT2D eigenvalue weighted by atomic mass is 16.5. The predicted molar refractivity (Wildman–Crippen MR) is 51.0 cm³/mol. The zero-order valence-electron chi connectivity index (χ0n) is 7.42. The van der Waals surface area contributed by atoms with Gasteiger partial charge in [-0.15, -0.1) is 0 Å². The highest BCUT2D eigenvalue weighted by molar-refractivity contribution is 5.56. The maximum Gasteiger partial charge on any atom is 0.164 e. The fourth-order valence-electron chi connectivity index (χ4n) is 1.64. The molecule has 3 nitrogen and oxygen atoms in total. The summed E-state index contributed by atoms with van der Waals surface area (Å²) in [4.78, 5) is 0. The van der Waals surface area contributed by atoms with Gasteiger partial charge in [-0.1, -0.05) is 0 Å². The summed E-state index contributed by atoms with van der Waals surface area (Å²) in [5.74, 6) is 0.781. The number of hydrogen-bond acceptors (Lipinski definition) is 3. The summed E-state index contributed by atoms with van der Waals surface area (Å²) in [7, 11) is 0. The summed E-state index contributed by atoms with van der Waals surface area (Å²) < 4.78 is 5.43. The van der Waals surface area contributed by atoms with E-state index in [1.54, 1.807) is 0 Å². The molecule has 0 unspecified atom stereocenters. The molecule has 0 aromatic heterocycles. The van der Waals surface area contributed by atoms with Crippen LogP contribution in [0.15, 0.2) is 12.1 Å². The van der Waals surface area contributed by atoms with Gasteiger partial charge in [0.05, 0.1) is 6.61 Å². The van der Waals surface area contributed by atoms with Crippen molar-refractivity contribution in [2.45, 2.75) is 19.3 Å². The van der Waals surface area contributed by atoms with Gasteiger partial charge < -0.3 is 15.6 Å². The molecule has 2 rings (SSSR count). The van der Waals surface area contributed by atoms with E-state index in [1.165, 1.54) is 6.07 Å². The fraction of sp³-hybridized carbons (Fsp3) is 0.400. The number of ether oxygens (including phenoxy) is 1.